The molecule has 0 spiro atoms. The molecule has 0 saturated heterocycles. The highest BCUT2D eigenvalue weighted by Crippen LogP contribution is 2.19. The molecule has 0 amide bonds. The van der Waals surface area contributed by atoms with Crippen molar-refractivity contribution in [3.63, 3.8) is 0 Å². The van der Waals surface area contributed by atoms with E-state index in [1.54, 1.807) is 13.8 Å². The first-order valence-corrected chi connectivity index (χ1v) is 9.18. The molecule has 0 atom stereocenters. The van der Waals surface area contributed by atoms with E-state index in [4.69, 9.17) is 5.73 Å². The number of sulfonamides is 2. The summed E-state index contributed by atoms with van der Waals surface area (Å²) in [6, 6.07) is 3.84. The zero-order valence-corrected chi connectivity index (χ0v) is 14.1. The molecular formula is C12H21N3O4S2. The summed E-state index contributed by atoms with van der Waals surface area (Å²) in [5.41, 5.74) is 5.40. The second-order valence-corrected chi connectivity index (χ2v) is 9.07. The van der Waals surface area contributed by atoms with E-state index in [1.165, 1.54) is 32.2 Å². The Morgan fingerprint density at radius 2 is 1.71 bits per heavy atom. The molecule has 21 heavy (non-hydrogen) atoms. The van der Waals surface area contributed by atoms with Gasteiger partial charge in [-0.2, -0.15) is 0 Å². The lowest BCUT2D eigenvalue weighted by molar-refractivity contribution is 0.498. The average Bonchev–Trinajstić information content (AvgIpc) is 2.35. The molecule has 9 heteroatoms. The van der Waals surface area contributed by atoms with Crippen LogP contribution in [0.2, 0.25) is 0 Å². The topological polar surface area (TPSA) is 118 Å². The number of hydrogen-bond acceptors (Lipinski definition) is 5. The van der Waals surface area contributed by atoms with Crippen molar-refractivity contribution in [2.24, 2.45) is 5.73 Å². The van der Waals surface area contributed by atoms with Crippen LogP contribution in [0.1, 0.15) is 19.4 Å². The van der Waals surface area contributed by atoms with Gasteiger partial charge >= 0.3 is 0 Å². The molecule has 1 aromatic carbocycles. The lowest BCUT2D eigenvalue weighted by atomic mass is 10.1. The first kappa shape index (κ1) is 18.1. The van der Waals surface area contributed by atoms with Crippen LogP contribution in [0, 0.1) is 6.92 Å². The third-order valence-corrected chi connectivity index (χ3v) is 5.71. The van der Waals surface area contributed by atoms with Crippen LogP contribution in [-0.2, 0) is 20.0 Å². The van der Waals surface area contributed by atoms with Gasteiger partial charge in [-0.25, -0.2) is 26.3 Å². The Bertz CT molecular complexity index is 719. The van der Waals surface area contributed by atoms with Gasteiger partial charge in [-0.3, -0.25) is 0 Å². The summed E-state index contributed by atoms with van der Waals surface area (Å²) < 4.78 is 52.3. The van der Waals surface area contributed by atoms with Crippen LogP contribution in [0.15, 0.2) is 28.0 Å². The Kier molecular flexibility index (Phi) is 5.17. The van der Waals surface area contributed by atoms with Gasteiger partial charge < -0.3 is 5.73 Å². The zero-order valence-electron chi connectivity index (χ0n) is 12.5. The minimum atomic E-state index is -3.73. The molecule has 120 valence electrons. The zero-order chi connectivity index (χ0) is 16.5. The summed E-state index contributed by atoms with van der Waals surface area (Å²) in [7, 11) is -6.05. The fourth-order valence-corrected chi connectivity index (χ4v) is 3.82. The molecule has 0 bridgehead atoms. The van der Waals surface area contributed by atoms with E-state index in [0.29, 0.717) is 5.56 Å². The molecule has 0 heterocycles. The minimum absolute atomic E-state index is 0.000645. The molecule has 4 N–H and O–H groups in total. The molecule has 1 aromatic rings. The minimum Gasteiger partial charge on any atom is -0.324 e. The van der Waals surface area contributed by atoms with Crippen molar-refractivity contribution in [3.05, 3.63) is 23.8 Å². The van der Waals surface area contributed by atoms with Crippen LogP contribution in [0.4, 0.5) is 0 Å². The molecule has 0 aliphatic heterocycles. The van der Waals surface area contributed by atoms with E-state index >= 15 is 0 Å². The Morgan fingerprint density at radius 3 is 2.14 bits per heavy atom. The Hall–Kier alpha value is -1.00. The summed E-state index contributed by atoms with van der Waals surface area (Å²) in [5, 5.41) is 0. The highest BCUT2D eigenvalue weighted by Gasteiger charge is 2.21. The van der Waals surface area contributed by atoms with E-state index < -0.39 is 25.6 Å². The van der Waals surface area contributed by atoms with Crippen molar-refractivity contribution in [2.45, 2.75) is 36.1 Å². The number of aryl methyl sites for hydroxylation is 1. The molecule has 0 saturated carbocycles. The second-order valence-electron chi connectivity index (χ2n) is 5.45. The van der Waals surface area contributed by atoms with E-state index in [0.717, 1.165) is 0 Å². The molecule has 1 rings (SSSR count). The summed E-state index contributed by atoms with van der Waals surface area (Å²) in [6.45, 7) is 5.01. The highest BCUT2D eigenvalue weighted by molar-refractivity contribution is 7.90. The predicted molar refractivity (Wildman–Crippen MR) is 80.9 cm³/mol. The van der Waals surface area contributed by atoms with Gasteiger partial charge in [0.25, 0.3) is 0 Å². The van der Waals surface area contributed by atoms with E-state index in [2.05, 4.69) is 9.44 Å². The summed E-state index contributed by atoms with van der Waals surface area (Å²) in [6.07, 6.45) is 0. The van der Waals surface area contributed by atoms with Crippen molar-refractivity contribution >= 4 is 20.0 Å². The summed E-state index contributed by atoms with van der Waals surface area (Å²) in [4.78, 5) is 0.0439. The van der Waals surface area contributed by atoms with Gasteiger partial charge in [0.05, 0.1) is 9.79 Å². The molecule has 0 aliphatic rings. The largest absolute Gasteiger partial charge is 0.324 e. The Morgan fingerprint density at radius 1 is 1.14 bits per heavy atom. The van der Waals surface area contributed by atoms with Crippen LogP contribution >= 0.6 is 0 Å². The van der Waals surface area contributed by atoms with Gasteiger partial charge in [-0.1, -0.05) is 0 Å². The van der Waals surface area contributed by atoms with Crippen molar-refractivity contribution in [2.75, 3.05) is 13.6 Å². The van der Waals surface area contributed by atoms with Crippen LogP contribution in [-0.4, -0.2) is 36.0 Å². The number of benzene rings is 1. The molecule has 0 fully saturated rings. The van der Waals surface area contributed by atoms with Crippen LogP contribution in [0.5, 0.6) is 0 Å². The molecule has 7 nitrogen and oxygen atoms in total. The SMILES string of the molecule is CNS(=O)(=O)c1ccc(S(=O)(=O)NCC(C)(C)N)cc1C. The lowest BCUT2D eigenvalue weighted by Crippen LogP contribution is -2.45. The average molecular weight is 335 g/mol. The van der Waals surface area contributed by atoms with Gasteiger partial charge in [0, 0.05) is 12.1 Å². The normalized spacial score (nSPS) is 13.4. The first-order chi connectivity index (χ1) is 9.39. The van der Waals surface area contributed by atoms with Gasteiger partial charge in [0.2, 0.25) is 20.0 Å². The van der Waals surface area contributed by atoms with Crippen LogP contribution < -0.4 is 15.2 Å². The first-order valence-electron chi connectivity index (χ1n) is 6.22. The highest BCUT2D eigenvalue weighted by atomic mass is 32.2. The second kappa shape index (κ2) is 6.01. The van der Waals surface area contributed by atoms with Gasteiger partial charge in [-0.05, 0) is 51.6 Å². The molecule has 0 unspecified atom stereocenters. The molecule has 0 radical (unpaired) electrons. The summed E-state index contributed by atoms with van der Waals surface area (Å²) >= 11 is 0. The fourth-order valence-electron chi connectivity index (χ4n) is 1.56. The van der Waals surface area contributed by atoms with Gasteiger partial charge in [0.15, 0.2) is 0 Å². The van der Waals surface area contributed by atoms with E-state index in [-0.39, 0.29) is 16.3 Å². The van der Waals surface area contributed by atoms with Crippen molar-refractivity contribution < 1.29 is 16.8 Å². The number of nitrogens with one attached hydrogen (secondary N) is 2. The third-order valence-electron chi connectivity index (χ3n) is 2.73. The van der Waals surface area contributed by atoms with Crippen LogP contribution in [0.3, 0.4) is 0 Å². The predicted octanol–water partition coefficient (Wildman–Crippen LogP) is -0.0813. The monoisotopic (exact) mass is 335 g/mol. The van der Waals surface area contributed by atoms with Gasteiger partial charge in [0.1, 0.15) is 0 Å². The maximum absolute atomic E-state index is 12.1. The van der Waals surface area contributed by atoms with Crippen molar-refractivity contribution in [3.8, 4) is 0 Å². The number of rotatable bonds is 6. The quantitative estimate of drug-likeness (QED) is 0.672. The van der Waals surface area contributed by atoms with E-state index in [9.17, 15) is 16.8 Å². The van der Waals surface area contributed by atoms with Crippen LogP contribution in [0.25, 0.3) is 0 Å². The van der Waals surface area contributed by atoms with Crippen molar-refractivity contribution in [1.29, 1.82) is 0 Å². The van der Waals surface area contributed by atoms with E-state index in [1.807, 2.05) is 0 Å². The third kappa shape index (κ3) is 4.75. The number of hydrogen-bond donors (Lipinski definition) is 3. The maximum Gasteiger partial charge on any atom is 0.240 e. The molecule has 0 aliphatic carbocycles. The fraction of sp³-hybridized carbons (Fsp3) is 0.500. The Labute approximate surface area is 126 Å². The van der Waals surface area contributed by atoms with Gasteiger partial charge in [-0.15, -0.1) is 0 Å². The smallest absolute Gasteiger partial charge is 0.240 e. The maximum atomic E-state index is 12.1. The summed E-state index contributed by atoms with van der Waals surface area (Å²) in [5.74, 6) is 0. The number of nitrogens with two attached hydrogens (primary N) is 1. The Balaban J connectivity index is 3.15. The molecular weight excluding hydrogens is 314 g/mol. The lowest BCUT2D eigenvalue weighted by Gasteiger charge is -2.19. The molecule has 0 aromatic heterocycles. The van der Waals surface area contributed by atoms with Crippen molar-refractivity contribution in [1.82, 2.24) is 9.44 Å². The standard InChI is InChI=1S/C12H21N3O4S2/c1-9-7-10(5-6-11(9)21(18,19)14-4)20(16,17)15-8-12(2,3)13/h5-7,14-15H,8,13H2,1-4H3.